The summed E-state index contributed by atoms with van der Waals surface area (Å²) in [6, 6.07) is 6.13. The number of benzene rings is 1. The molecular weight excluding hydrogens is 257 g/mol. The molecule has 1 amide bonds. The van der Waals surface area contributed by atoms with E-state index in [1.807, 2.05) is 0 Å². The van der Waals surface area contributed by atoms with Gasteiger partial charge in [-0.2, -0.15) is 0 Å². The van der Waals surface area contributed by atoms with Crippen molar-refractivity contribution in [2.45, 2.75) is 0 Å². The molecule has 0 saturated carbocycles. The zero-order chi connectivity index (χ0) is 13.9. The maximum atomic E-state index is 12.9. The summed E-state index contributed by atoms with van der Waals surface area (Å²) in [6.45, 7) is 2.59. The molecule has 0 bridgehead atoms. The van der Waals surface area contributed by atoms with Crippen molar-refractivity contribution in [2.75, 3.05) is 19.6 Å². The summed E-state index contributed by atoms with van der Waals surface area (Å²) in [6.07, 6.45) is 3.43. The second-order valence-electron chi connectivity index (χ2n) is 5.02. The molecule has 1 fully saturated rings. The van der Waals surface area contributed by atoms with Gasteiger partial charge in [-0.25, -0.2) is 4.39 Å². The predicted octanol–water partition coefficient (Wildman–Crippen LogP) is 1.77. The van der Waals surface area contributed by atoms with Crippen molar-refractivity contribution in [3.05, 3.63) is 48.0 Å². The number of rotatable bonds is 4. The zero-order valence-electron chi connectivity index (χ0n) is 10.9. The molecule has 1 aliphatic rings. The van der Waals surface area contributed by atoms with Gasteiger partial charge in [0, 0.05) is 43.5 Å². The number of nitrogens with one attached hydrogen (secondary N) is 3. The van der Waals surface area contributed by atoms with Crippen molar-refractivity contribution in [1.29, 1.82) is 0 Å². The number of amides is 1. The minimum absolute atomic E-state index is 0.0996. The van der Waals surface area contributed by atoms with Gasteiger partial charge in [-0.15, -0.1) is 0 Å². The lowest BCUT2D eigenvalue weighted by molar-refractivity contribution is 0.0943. The molecule has 104 valence electrons. The van der Waals surface area contributed by atoms with Crippen molar-refractivity contribution in [3.8, 4) is 11.1 Å². The highest BCUT2D eigenvalue weighted by atomic mass is 19.1. The van der Waals surface area contributed by atoms with Crippen LogP contribution in [0, 0.1) is 11.7 Å². The number of halogens is 1. The molecule has 1 aliphatic heterocycles. The molecule has 2 heterocycles. The van der Waals surface area contributed by atoms with E-state index in [0.717, 1.165) is 24.2 Å². The molecule has 1 aromatic heterocycles. The second-order valence-corrected chi connectivity index (χ2v) is 5.02. The van der Waals surface area contributed by atoms with Gasteiger partial charge in [0.25, 0.3) is 5.91 Å². The Kier molecular flexibility index (Phi) is 3.52. The Hall–Kier alpha value is -2.14. The predicted molar refractivity (Wildman–Crippen MR) is 74.9 cm³/mol. The summed E-state index contributed by atoms with van der Waals surface area (Å²) in [7, 11) is 0. The average molecular weight is 273 g/mol. The molecule has 20 heavy (non-hydrogen) atoms. The van der Waals surface area contributed by atoms with Crippen LogP contribution in [0.5, 0.6) is 0 Å². The van der Waals surface area contributed by atoms with Crippen molar-refractivity contribution in [2.24, 2.45) is 5.92 Å². The number of aromatic amines is 1. The van der Waals surface area contributed by atoms with Crippen LogP contribution >= 0.6 is 0 Å². The number of aromatic nitrogens is 1. The lowest BCUT2D eigenvalue weighted by Gasteiger charge is -2.27. The molecule has 3 N–H and O–H groups in total. The molecule has 0 radical (unpaired) electrons. The fourth-order valence-corrected chi connectivity index (χ4v) is 2.25. The molecule has 5 heteroatoms. The van der Waals surface area contributed by atoms with E-state index >= 15 is 0 Å². The smallest absolute Gasteiger partial charge is 0.253 e. The molecule has 4 nitrogen and oxygen atoms in total. The van der Waals surface area contributed by atoms with E-state index in [1.54, 1.807) is 24.5 Å². The lowest BCUT2D eigenvalue weighted by atomic mass is 10.0. The van der Waals surface area contributed by atoms with Crippen LogP contribution in [0.15, 0.2) is 36.7 Å². The van der Waals surface area contributed by atoms with Gasteiger partial charge in [-0.1, -0.05) is 12.1 Å². The van der Waals surface area contributed by atoms with Crippen LogP contribution in [0.3, 0.4) is 0 Å². The first-order chi connectivity index (χ1) is 9.74. The van der Waals surface area contributed by atoms with E-state index in [2.05, 4.69) is 15.6 Å². The molecule has 0 spiro atoms. The molecule has 2 aromatic rings. The highest BCUT2D eigenvalue weighted by molar-refractivity contribution is 6.00. The van der Waals surface area contributed by atoms with Gasteiger partial charge in [0.2, 0.25) is 0 Å². The molecule has 0 unspecified atom stereocenters. The Balaban J connectivity index is 1.75. The molecule has 1 saturated heterocycles. The molecule has 0 atom stereocenters. The quantitative estimate of drug-likeness (QED) is 0.795. The molecule has 3 rings (SSSR count). The van der Waals surface area contributed by atoms with Crippen LogP contribution in [-0.4, -0.2) is 30.5 Å². The van der Waals surface area contributed by atoms with Gasteiger partial charge in [0.1, 0.15) is 5.82 Å². The van der Waals surface area contributed by atoms with Crippen molar-refractivity contribution < 1.29 is 9.18 Å². The van der Waals surface area contributed by atoms with Gasteiger partial charge in [-0.3, -0.25) is 4.79 Å². The minimum Gasteiger partial charge on any atom is -0.366 e. The Bertz CT molecular complexity index is 602. The number of carbonyl (C=O) groups excluding carboxylic acids is 1. The summed E-state index contributed by atoms with van der Waals surface area (Å²) >= 11 is 0. The highest BCUT2D eigenvalue weighted by Crippen LogP contribution is 2.23. The Morgan fingerprint density at radius 1 is 1.25 bits per heavy atom. The largest absolute Gasteiger partial charge is 0.366 e. The van der Waals surface area contributed by atoms with Crippen molar-refractivity contribution in [3.63, 3.8) is 0 Å². The maximum absolute atomic E-state index is 12.9. The number of carbonyl (C=O) groups is 1. The summed E-state index contributed by atoms with van der Waals surface area (Å²) in [5, 5.41) is 6.10. The molecule has 1 aromatic carbocycles. The Labute approximate surface area is 116 Å². The van der Waals surface area contributed by atoms with Crippen molar-refractivity contribution in [1.82, 2.24) is 15.6 Å². The van der Waals surface area contributed by atoms with E-state index in [1.165, 1.54) is 12.1 Å². The van der Waals surface area contributed by atoms with Gasteiger partial charge < -0.3 is 15.6 Å². The first-order valence-corrected chi connectivity index (χ1v) is 6.65. The van der Waals surface area contributed by atoms with Gasteiger partial charge in [0.05, 0.1) is 5.56 Å². The lowest BCUT2D eigenvalue weighted by Crippen LogP contribution is -2.48. The molecular formula is C15H16FN3O. The molecule has 0 aliphatic carbocycles. The monoisotopic (exact) mass is 273 g/mol. The van der Waals surface area contributed by atoms with Gasteiger partial charge in [-0.05, 0) is 17.7 Å². The third-order valence-electron chi connectivity index (χ3n) is 3.56. The topological polar surface area (TPSA) is 56.9 Å². The standard InChI is InChI=1S/C15H16FN3O/c16-12-3-1-11(2-4-12)13-8-18-9-14(13)15(20)19-7-10-5-17-6-10/h1-4,8-10,17-18H,5-7H2,(H,19,20). The van der Waals surface area contributed by atoms with Gasteiger partial charge >= 0.3 is 0 Å². The maximum Gasteiger partial charge on any atom is 0.253 e. The average Bonchev–Trinajstić information content (AvgIpc) is 2.87. The van der Waals surface area contributed by atoms with E-state index in [9.17, 15) is 9.18 Å². The van der Waals surface area contributed by atoms with Crippen LogP contribution in [-0.2, 0) is 0 Å². The van der Waals surface area contributed by atoms with Crippen molar-refractivity contribution >= 4 is 5.91 Å². The zero-order valence-corrected chi connectivity index (χ0v) is 10.9. The van der Waals surface area contributed by atoms with E-state index < -0.39 is 0 Å². The van der Waals surface area contributed by atoms with E-state index in [-0.39, 0.29) is 11.7 Å². The third-order valence-corrected chi connectivity index (χ3v) is 3.56. The SMILES string of the molecule is O=C(NCC1CNC1)c1c[nH]cc1-c1ccc(F)cc1. The summed E-state index contributed by atoms with van der Waals surface area (Å²) in [5.41, 5.74) is 2.20. The number of hydrogen-bond acceptors (Lipinski definition) is 2. The summed E-state index contributed by atoms with van der Waals surface area (Å²) < 4.78 is 12.9. The Morgan fingerprint density at radius 2 is 2.00 bits per heavy atom. The summed E-state index contributed by atoms with van der Waals surface area (Å²) in [4.78, 5) is 15.1. The van der Waals surface area contributed by atoms with E-state index in [0.29, 0.717) is 18.0 Å². The second kappa shape index (κ2) is 5.46. The van der Waals surface area contributed by atoms with Crippen LogP contribution in [0.2, 0.25) is 0 Å². The van der Waals surface area contributed by atoms with Gasteiger partial charge in [0.15, 0.2) is 0 Å². The van der Waals surface area contributed by atoms with Crippen LogP contribution in [0.25, 0.3) is 11.1 Å². The minimum atomic E-state index is -0.284. The fourth-order valence-electron chi connectivity index (χ4n) is 2.25. The van der Waals surface area contributed by atoms with Crippen LogP contribution < -0.4 is 10.6 Å². The van der Waals surface area contributed by atoms with Crippen LogP contribution in [0.1, 0.15) is 10.4 Å². The number of H-pyrrole nitrogens is 1. The first kappa shape index (κ1) is 12.9. The van der Waals surface area contributed by atoms with Crippen LogP contribution in [0.4, 0.5) is 4.39 Å². The normalized spacial score (nSPS) is 14.8. The third kappa shape index (κ3) is 2.58. The fraction of sp³-hybridized carbons (Fsp3) is 0.267. The Morgan fingerprint density at radius 3 is 2.65 bits per heavy atom. The van der Waals surface area contributed by atoms with E-state index in [4.69, 9.17) is 0 Å². The first-order valence-electron chi connectivity index (χ1n) is 6.65. The number of hydrogen-bond donors (Lipinski definition) is 3. The highest BCUT2D eigenvalue weighted by Gasteiger charge is 2.19. The summed E-state index contributed by atoms with van der Waals surface area (Å²) in [5.74, 6) is 0.136.